The van der Waals surface area contributed by atoms with E-state index in [9.17, 15) is 13.5 Å². The van der Waals surface area contributed by atoms with Crippen molar-refractivity contribution in [1.29, 1.82) is 0 Å². The molecular formula is C13H15BrClNO3S. The first-order chi connectivity index (χ1) is 9.39. The molecule has 1 aromatic rings. The monoisotopic (exact) mass is 379 g/mol. The fourth-order valence-electron chi connectivity index (χ4n) is 3.22. The van der Waals surface area contributed by atoms with Crippen LogP contribution in [0.1, 0.15) is 12.8 Å². The van der Waals surface area contributed by atoms with Gasteiger partial charge in [-0.05, 0) is 37.0 Å². The summed E-state index contributed by atoms with van der Waals surface area (Å²) in [6.07, 6.45) is 1.30. The number of aliphatic hydroxyl groups excluding tert-OH is 1. The molecule has 7 heteroatoms. The van der Waals surface area contributed by atoms with E-state index in [-0.39, 0.29) is 27.9 Å². The standard InChI is InChI=1S/C13H15BrClNO3S/c14-9-2-4-13(11(15)5-9)20(18,19)16-6-8-1-3-12(17)10(8)7-16/h2,4-5,8,10,12,17H,1,3,6-7H2. The topological polar surface area (TPSA) is 57.6 Å². The molecule has 4 nitrogen and oxygen atoms in total. The van der Waals surface area contributed by atoms with Crippen molar-refractivity contribution in [2.24, 2.45) is 11.8 Å². The highest BCUT2D eigenvalue weighted by molar-refractivity contribution is 9.10. The van der Waals surface area contributed by atoms with Gasteiger partial charge in [0.2, 0.25) is 10.0 Å². The maximum Gasteiger partial charge on any atom is 0.244 e. The summed E-state index contributed by atoms with van der Waals surface area (Å²) in [5.74, 6) is 0.341. The number of fused-ring (bicyclic) bond motifs is 1. The lowest BCUT2D eigenvalue weighted by Gasteiger charge is -2.19. The highest BCUT2D eigenvalue weighted by Gasteiger charge is 2.46. The van der Waals surface area contributed by atoms with Crippen molar-refractivity contribution in [3.63, 3.8) is 0 Å². The van der Waals surface area contributed by atoms with Gasteiger partial charge in [0.1, 0.15) is 4.90 Å². The van der Waals surface area contributed by atoms with Crippen molar-refractivity contribution < 1.29 is 13.5 Å². The van der Waals surface area contributed by atoms with Gasteiger partial charge in [-0.15, -0.1) is 0 Å². The van der Waals surface area contributed by atoms with Crippen LogP contribution in [0, 0.1) is 11.8 Å². The van der Waals surface area contributed by atoms with Crippen molar-refractivity contribution in [2.75, 3.05) is 13.1 Å². The molecule has 1 aliphatic carbocycles. The molecule has 1 N–H and O–H groups in total. The molecule has 0 radical (unpaired) electrons. The van der Waals surface area contributed by atoms with Crippen LogP contribution in [0.5, 0.6) is 0 Å². The van der Waals surface area contributed by atoms with Gasteiger partial charge in [-0.1, -0.05) is 27.5 Å². The second kappa shape index (κ2) is 5.25. The van der Waals surface area contributed by atoms with Crippen LogP contribution < -0.4 is 0 Å². The van der Waals surface area contributed by atoms with Gasteiger partial charge in [0.05, 0.1) is 11.1 Å². The molecule has 0 bridgehead atoms. The highest BCUT2D eigenvalue weighted by atomic mass is 79.9. The lowest BCUT2D eigenvalue weighted by atomic mass is 10.00. The van der Waals surface area contributed by atoms with Crippen LogP contribution in [0.3, 0.4) is 0 Å². The lowest BCUT2D eigenvalue weighted by Crippen LogP contribution is -2.31. The smallest absolute Gasteiger partial charge is 0.244 e. The first kappa shape index (κ1) is 14.8. The summed E-state index contributed by atoms with van der Waals surface area (Å²) in [4.78, 5) is 0.136. The fourth-order valence-corrected chi connectivity index (χ4v) is 5.76. The Hall–Kier alpha value is -0.140. The highest BCUT2D eigenvalue weighted by Crippen LogP contribution is 2.40. The van der Waals surface area contributed by atoms with E-state index in [0.717, 1.165) is 17.3 Å². The number of rotatable bonds is 2. The third kappa shape index (κ3) is 2.41. The molecule has 2 fully saturated rings. The minimum atomic E-state index is -3.58. The first-order valence-corrected chi connectivity index (χ1v) is 9.14. The predicted molar refractivity (Wildman–Crippen MR) is 80.1 cm³/mol. The van der Waals surface area contributed by atoms with Crippen LogP contribution in [-0.4, -0.2) is 37.0 Å². The molecule has 3 unspecified atom stereocenters. The second-order valence-corrected chi connectivity index (χ2v) is 8.69. The SMILES string of the molecule is O=S(=O)(c1ccc(Br)cc1Cl)N1CC2CCC(O)C2C1. The van der Waals surface area contributed by atoms with Gasteiger partial charge in [0.25, 0.3) is 0 Å². The largest absolute Gasteiger partial charge is 0.393 e. The van der Waals surface area contributed by atoms with Crippen LogP contribution in [-0.2, 0) is 10.0 Å². The Labute approximate surface area is 131 Å². The summed E-state index contributed by atoms with van der Waals surface area (Å²) in [6, 6.07) is 4.77. The molecule has 1 aliphatic heterocycles. The van der Waals surface area contributed by atoms with Crippen molar-refractivity contribution in [3.8, 4) is 0 Å². The van der Waals surface area contributed by atoms with E-state index in [4.69, 9.17) is 11.6 Å². The third-order valence-electron chi connectivity index (χ3n) is 4.30. The average molecular weight is 381 g/mol. The molecule has 0 aromatic heterocycles. The maximum atomic E-state index is 12.6. The van der Waals surface area contributed by atoms with Crippen LogP contribution in [0.2, 0.25) is 5.02 Å². The predicted octanol–water partition coefficient (Wildman–Crippen LogP) is 2.49. The van der Waals surface area contributed by atoms with Crippen molar-refractivity contribution in [2.45, 2.75) is 23.8 Å². The van der Waals surface area contributed by atoms with Crippen molar-refractivity contribution in [1.82, 2.24) is 4.31 Å². The maximum absolute atomic E-state index is 12.6. The number of hydrogen-bond donors (Lipinski definition) is 1. The minimum absolute atomic E-state index is 0.0685. The quantitative estimate of drug-likeness (QED) is 0.857. The van der Waals surface area contributed by atoms with E-state index in [1.54, 1.807) is 12.1 Å². The summed E-state index contributed by atoms with van der Waals surface area (Å²) in [5.41, 5.74) is 0. The van der Waals surface area contributed by atoms with Crippen LogP contribution in [0.25, 0.3) is 0 Å². The summed E-state index contributed by atoms with van der Waals surface area (Å²) in [6.45, 7) is 0.872. The minimum Gasteiger partial charge on any atom is -0.393 e. The van der Waals surface area contributed by atoms with E-state index < -0.39 is 10.0 Å². The van der Waals surface area contributed by atoms with Gasteiger partial charge in [0, 0.05) is 23.5 Å². The van der Waals surface area contributed by atoms with Gasteiger partial charge in [0.15, 0.2) is 0 Å². The summed E-state index contributed by atoms with van der Waals surface area (Å²) >= 11 is 9.32. The molecule has 110 valence electrons. The number of nitrogens with zero attached hydrogens (tertiary/aromatic N) is 1. The average Bonchev–Trinajstić information content (AvgIpc) is 2.92. The Bertz CT molecular complexity index is 637. The molecule has 3 atom stereocenters. The number of aliphatic hydroxyl groups is 1. The van der Waals surface area contributed by atoms with Crippen molar-refractivity contribution >= 4 is 37.6 Å². The zero-order valence-corrected chi connectivity index (χ0v) is 13.8. The Kier molecular flexibility index (Phi) is 3.88. The third-order valence-corrected chi connectivity index (χ3v) is 7.11. The lowest BCUT2D eigenvalue weighted by molar-refractivity contribution is 0.129. The second-order valence-electron chi connectivity index (χ2n) is 5.47. The molecule has 0 spiro atoms. The molecule has 2 aliphatic rings. The number of sulfonamides is 1. The van der Waals surface area contributed by atoms with E-state index in [1.807, 2.05) is 0 Å². The molecule has 1 aromatic carbocycles. The first-order valence-electron chi connectivity index (χ1n) is 6.53. The molecule has 20 heavy (non-hydrogen) atoms. The van der Waals surface area contributed by atoms with Crippen molar-refractivity contribution in [3.05, 3.63) is 27.7 Å². The van der Waals surface area contributed by atoms with Gasteiger partial charge >= 0.3 is 0 Å². The number of hydrogen-bond acceptors (Lipinski definition) is 3. The zero-order chi connectivity index (χ0) is 14.5. The van der Waals surface area contributed by atoms with Gasteiger partial charge < -0.3 is 5.11 Å². The fraction of sp³-hybridized carbons (Fsp3) is 0.538. The van der Waals surface area contributed by atoms with E-state index in [1.165, 1.54) is 10.4 Å². The molecule has 3 rings (SSSR count). The molecular weight excluding hydrogens is 366 g/mol. The Morgan fingerprint density at radius 3 is 2.70 bits per heavy atom. The van der Waals surface area contributed by atoms with Crippen LogP contribution >= 0.6 is 27.5 Å². The molecule has 0 amide bonds. The van der Waals surface area contributed by atoms with Crippen LogP contribution in [0.15, 0.2) is 27.6 Å². The Morgan fingerprint density at radius 1 is 1.30 bits per heavy atom. The number of benzene rings is 1. The van der Waals surface area contributed by atoms with Gasteiger partial charge in [-0.3, -0.25) is 0 Å². The number of halogens is 2. The van der Waals surface area contributed by atoms with Gasteiger partial charge in [-0.2, -0.15) is 4.31 Å². The summed E-state index contributed by atoms with van der Waals surface area (Å²) < 4.78 is 27.5. The van der Waals surface area contributed by atoms with E-state index in [2.05, 4.69) is 15.9 Å². The molecule has 1 heterocycles. The Balaban J connectivity index is 1.90. The summed E-state index contributed by atoms with van der Waals surface area (Å²) in [5, 5.41) is 10.1. The zero-order valence-electron chi connectivity index (χ0n) is 10.7. The van der Waals surface area contributed by atoms with Gasteiger partial charge in [-0.25, -0.2) is 8.42 Å². The van der Waals surface area contributed by atoms with Crippen LogP contribution in [0.4, 0.5) is 0 Å². The summed E-state index contributed by atoms with van der Waals surface area (Å²) in [7, 11) is -3.58. The van der Waals surface area contributed by atoms with E-state index in [0.29, 0.717) is 13.1 Å². The Morgan fingerprint density at radius 2 is 2.05 bits per heavy atom. The molecule has 1 saturated heterocycles. The normalized spacial score (nSPS) is 30.6. The van der Waals surface area contributed by atoms with E-state index >= 15 is 0 Å². The molecule has 1 saturated carbocycles.